The Hall–Kier alpha value is -3.56. The first-order valence-corrected chi connectivity index (χ1v) is 8.89. The van der Waals surface area contributed by atoms with Crippen LogP contribution in [0.1, 0.15) is 11.1 Å². The number of carbonyl (C=O) groups is 2. The molecule has 10 heteroatoms. The number of alkyl halides is 3. The lowest BCUT2D eigenvalue weighted by Crippen LogP contribution is -2.45. The quantitative estimate of drug-likeness (QED) is 0.597. The number of esters is 1. The summed E-state index contributed by atoms with van der Waals surface area (Å²) in [5, 5.41) is 3.29. The van der Waals surface area contributed by atoms with Crippen molar-refractivity contribution in [2.24, 2.45) is 0 Å². The zero-order valence-corrected chi connectivity index (χ0v) is 15.8. The van der Waals surface area contributed by atoms with Crippen LogP contribution in [-0.2, 0) is 33.5 Å². The third kappa shape index (κ3) is 4.70. The summed E-state index contributed by atoms with van der Waals surface area (Å²) in [6, 6.07) is 7.67. The molecular weight excluding hydrogens is 403 g/mol. The molecule has 0 bridgehead atoms. The van der Waals surface area contributed by atoms with E-state index >= 15 is 0 Å². The standard InChI is InChI=1S/C20H18F3N3O4/c1-30-19(29)16(8-12-9-24-15-5-3-2-4-14(12)15)25-17(27)11-26-10-13(20(21,22)23)6-7-18(26)28/h2-7,9-10,16,24H,8,11H2,1H3,(H,25,27). The highest BCUT2D eigenvalue weighted by Crippen LogP contribution is 2.28. The second-order valence-corrected chi connectivity index (χ2v) is 6.59. The van der Waals surface area contributed by atoms with Crippen molar-refractivity contribution >= 4 is 22.8 Å². The summed E-state index contributed by atoms with van der Waals surface area (Å²) in [7, 11) is 1.16. The van der Waals surface area contributed by atoms with E-state index in [4.69, 9.17) is 4.74 Å². The number of fused-ring (bicyclic) bond motifs is 1. The van der Waals surface area contributed by atoms with Crippen molar-refractivity contribution in [2.75, 3.05) is 7.11 Å². The molecule has 0 aliphatic carbocycles. The molecule has 2 heterocycles. The summed E-state index contributed by atoms with van der Waals surface area (Å²) in [6.45, 7) is -0.676. The number of aromatic nitrogens is 2. The highest BCUT2D eigenvalue weighted by molar-refractivity contribution is 5.87. The molecule has 0 aliphatic heterocycles. The zero-order valence-electron chi connectivity index (χ0n) is 15.8. The van der Waals surface area contributed by atoms with Crippen molar-refractivity contribution in [3.05, 3.63) is 70.3 Å². The molecule has 0 saturated heterocycles. The fourth-order valence-electron chi connectivity index (χ4n) is 3.07. The number of nitrogens with one attached hydrogen (secondary N) is 2. The minimum atomic E-state index is -4.66. The maximum absolute atomic E-state index is 12.9. The number of hydrogen-bond donors (Lipinski definition) is 2. The molecular formula is C20H18F3N3O4. The molecule has 3 aromatic rings. The van der Waals surface area contributed by atoms with Gasteiger partial charge in [0.2, 0.25) is 5.91 Å². The Labute approximate surface area is 168 Å². The van der Waals surface area contributed by atoms with Gasteiger partial charge in [0.15, 0.2) is 0 Å². The van der Waals surface area contributed by atoms with Gasteiger partial charge < -0.3 is 19.6 Å². The first-order valence-electron chi connectivity index (χ1n) is 8.89. The van der Waals surface area contributed by atoms with Crippen molar-refractivity contribution in [1.29, 1.82) is 0 Å². The van der Waals surface area contributed by atoms with Gasteiger partial charge in [-0.05, 0) is 17.7 Å². The second-order valence-electron chi connectivity index (χ2n) is 6.59. The summed E-state index contributed by atoms with van der Waals surface area (Å²) in [4.78, 5) is 39.4. The minimum absolute atomic E-state index is 0.0971. The first-order chi connectivity index (χ1) is 14.2. The van der Waals surface area contributed by atoms with Gasteiger partial charge in [-0.3, -0.25) is 9.59 Å². The second kappa shape index (κ2) is 8.44. The topological polar surface area (TPSA) is 93.2 Å². The van der Waals surface area contributed by atoms with Crippen LogP contribution in [-0.4, -0.2) is 34.6 Å². The van der Waals surface area contributed by atoms with E-state index in [9.17, 15) is 27.6 Å². The molecule has 7 nitrogen and oxygen atoms in total. The van der Waals surface area contributed by atoms with E-state index < -0.39 is 41.8 Å². The number of methoxy groups -OCH3 is 1. The van der Waals surface area contributed by atoms with Crippen LogP contribution < -0.4 is 10.9 Å². The molecule has 0 aliphatic rings. The average molecular weight is 421 g/mol. The normalized spacial score (nSPS) is 12.5. The predicted molar refractivity (Wildman–Crippen MR) is 102 cm³/mol. The van der Waals surface area contributed by atoms with Crippen molar-refractivity contribution in [3.63, 3.8) is 0 Å². The highest BCUT2D eigenvalue weighted by Gasteiger charge is 2.31. The van der Waals surface area contributed by atoms with Crippen molar-refractivity contribution in [2.45, 2.75) is 25.2 Å². The molecule has 1 atom stereocenters. The molecule has 0 saturated carbocycles. The molecule has 158 valence electrons. The van der Waals surface area contributed by atoms with E-state index in [1.807, 2.05) is 24.3 Å². The van der Waals surface area contributed by atoms with Crippen LogP contribution in [0.4, 0.5) is 13.2 Å². The summed E-state index contributed by atoms with van der Waals surface area (Å²) >= 11 is 0. The Balaban J connectivity index is 1.78. The fourth-order valence-corrected chi connectivity index (χ4v) is 3.07. The van der Waals surface area contributed by atoms with E-state index in [-0.39, 0.29) is 6.42 Å². The average Bonchev–Trinajstić information content (AvgIpc) is 3.10. The Kier molecular flexibility index (Phi) is 5.95. The van der Waals surface area contributed by atoms with Gasteiger partial charge in [-0.25, -0.2) is 4.79 Å². The lowest BCUT2D eigenvalue weighted by atomic mass is 10.0. The smallest absolute Gasteiger partial charge is 0.417 e. The van der Waals surface area contributed by atoms with Crippen LogP contribution in [0, 0.1) is 0 Å². The van der Waals surface area contributed by atoms with Crippen molar-refractivity contribution < 1.29 is 27.5 Å². The maximum atomic E-state index is 12.9. The molecule has 0 fully saturated rings. The van der Waals surface area contributed by atoms with Crippen LogP contribution in [0.25, 0.3) is 10.9 Å². The number of para-hydroxylation sites is 1. The van der Waals surface area contributed by atoms with Gasteiger partial charge in [0.25, 0.3) is 5.56 Å². The van der Waals surface area contributed by atoms with Gasteiger partial charge in [-0.1, -0.05) is 18.2 Å². The van der Waals surface area contributed by atoms with Crippen LogP contribution in [0.2, 0.25) is 0 Å². The molecule has 1 amide bonds. The maximum Gasteiger partial charge on any atom is 0.417 e. The van der Waals surface area contributed by atoms with Gasteiger partial charge in [0, 0.05) is 35.8 Å². The molecule has 2 aromatic heterocycles. The molecule has 30 heavy (non-hydrogen) atoms. The zero-order chi connectivity index (χ0) is 21.9. The Morgan fingerprint density at radius 1 is 1.20 bits per heavy atom. The summed E-state index contributed by atoms with van der Waals surface area (Å²) in [6.07, 6.45) is -2.30. The molecule has 0 radical (unpaired) electrons. The largest absolute Gasteiger partial charge is 0.467 e. The summed E-state index contributed by atoms with van der Waals surface area (Å²) in [5.41, 5.74) is -0.238. The highest BCUT2D eigenvalue weighted by atomic mass is 19.4. The Morgan fingerprint density at radius 2 is 1.93 bits per heavy atom. The Bertz CT molecular complexity index is 1130. The third-order valence-corrected chi connectivity index (χ3v) is 4.54. The number of hydrogen-bond acceptors (Lipinski definition) is 4. The van der Waals surface area contributed by atoms with E-state index in [0.29, 0.717) is 16.8 Å². The van der Waals surface area contributed by atoms with Gasteiger partial charge in [-0.15, -0.1) is 0 Å². The van der Waals surface area contributed by atoms with E-state index in [2.05, 4.69) is 10.3 Å². The van der Waals surface area contributed by atoms with Crippen LogP contribution >= 0.6 is 0 Å². The number of carbonyl (C=O) groups excluding carboxylic acids is 2. The third-order valence-electron chi connectivity index (χ3n) is 4.54. The van der Waals surface area contributed by atoms with E-state index in [1.165, 1.54) is 0 Å². The van der Waals surface area contributed by atoms with Crippen LogP contribution in [0.5, 0.6) is 0 Å². The predicted octanol–water partition coefficient (Wildman–Crippen LogP) is 2.25. The number of aromatic amines is 1. The van der Waals surface area contributed by atoms with E-state index in [1.54, 1.807) is 6.20 Å². The van der Waals surface area contributed by atoms with Gasteiger partial charge >= 0.3 is 12.1 Å². The molecule has 3 rings (SSSR count). The summed E-state index contributed by atoms with van der Waals surface area (Å²) in [5.74, 6) is -1.52. The van der Waals surface area contributed by atoms with Gasteiger partial charge in [-0.2, -0.15) is 13.2 Å². The Morgan fingerprint density at radius 3 is 2.63 bits per heavy atom. The number of pyridine rings is 1. The molecule has 0 spiro atoms. The number of rotatable bonds is 6. The first kappa shape index (κ1) is 21.2. The van der Waals surface area contributed by atoms with Gasteiger partial charge in [0.05, 0.1) is 12.7 Å². The number of ether oxygens (including phenoxy) is 1. The number of H-pyrrole nitrogens is 1. The van der Waals surface area contributed by atoms with E-state index in [0.717, 1.165) is 29.6 Å². The number of benzene rings is 1. The minimum Gasteiger partial charge on any atom is -0.467 e. The molecule has 1 unspecified atom stereocenters. The SMILES string of the molecule is COC(=O)C(Cc1c[nH]c2ccccc12)NC(=O)Cn1cc(C(F)(F)F)ccc1=O. The fraction of sp³-hybridized carbons (Fsp3) is 0.250. The number of nitrogens with zero attached hydrogens (tertiary/aromatic N) is 1. The van der Waals surface area contributed by atoms with Crippen molar-refractivity contribution in [3.8, 4) is 0 Å². The molecule has 1 aromatic carbocycles. The van der Waals surface area contributed by atoms with Crippen LogP contribution in [0.3, 0.4) is 0 Å². The lowest BCUT2D eigenvalue weighted by Gasteiger charge is -2.17. The monoisotopic (exact) mass is 421 g/mol. The van der Waals surface area contributed by atoms with Crippen molar-refractivity contribution in [1.82, 2.24) is 14.9 Å². The summed E-state index contributed by atoms with van der Waals surface area (Å²) < 4.78 is 43.9. The van der Waals surface area contributed by atoms with Gasteiger partial charge in [0.1, 0.15) is 12.6 Å². The molecule has 2 N–H and O–H groups in total. The number of amides is 1. The lowest BCUT2D eigenvalue weighted by molar-refractivity contribution is -0.145. The number of halogens is 3. The van der Waals surface area contributed by atoms with Crippen LogP contribution in [0.15, 0.2) is 53.6 Å².